The summed E-state index contributed by atoms with van der Waals surface area (Å²) in [5, 5.41) is 7.57. The first-order valence-electron chi connectivity index (χ1n) is 6.82. The van der Waals surface area contributed by atoms with E-state index in [2.05, 4.69) is 17.6 Å². The summed E-state index contributed by atoms with van der Waals surface area (Å²) in [4.78, 5) is 23.8. The van der Waals surface area contributed by atoms with E-state index in [4.69, 9.17) is 0 Å². The molecule has 0 aliphatic heterocycles. The van der Waals surface area contributed by atoms with Crippen molar-refractivity contribution in [3.63, 3.8) is 0 Å². The van der Waals surface area contributed by atoms with Gasteiger partial charge in [0.05, 0.1) is 4.88 Å². The maximum atomic E-state index is 11.6. The maximum Gasteiger partial charge on any atom is 0.261 e. The Kier molecular flexibility index (Phi) is 7.89. The fraction of sp³-hybridized carbons (Fsp3) is 0.571. The molecule has 0 radical (unpaired) electrons. The molecule has 0 saturated heterocycles. The Labute approximate surface area is 118 Å². The van der Waals surface area contributed by atoms with Gasteiger partial charge in [-0.3, -0.25) is 9.59 Å². The Balaban J connectivity index is 2.01. The topological polar surface area (TPSA) is 58.2 Å². The van der Waals surface area contributed by atoms with E-state index in [1.165, 1.54) is 11.3 Å². The fourth-order valence-electron chi connectivity index (χ4n) is 1.64. The molecular weight excluding hydrogens is 260 g/mol. The van der Waals surface area contributed by atoms with E-state index in [0.29, 0.717) is 24.3 Å². The van der Waals surface area contributed by atoms with Gasteiger partial charge in [-0.25, -0.2) is 0 Å². The van der Waals surface area contributed by atoms with Crippen LogP contribution >= 0.6 is 11.3 Å². The third-order valence-electron chi connectivity index (χ3n) is 2.71. The van der Waals surface area contributed by atoms with Crippen LogP contribution in [0.3, 0.4) is 0 Å². The number of carbonyl (C=O) groups is 2. The first kappa shape index (κ1) is 15.7. The molecule has 5 heteroatoms. The highest BCUT2D eigenvalue weighted by atomic mass is 32.1. The molecule has 0 aliphatic rings. The van der Waals surface area contributed by atoms with E-state index in [1.807, 2.05) is 11.4 Å². The van der Waals surface area contributed by atoms with Crippen LogP contribution in [0, 0.1) is 0 Å². The molecule has 0 aliphatic carbocycles. The van der Waals surface area contributed by atoms with Gasteiger partial charge in [0.1, 0.15) is 0 Å². The van der Waals surface area contributed by atoms with Gasteiger partial charge < -0.3 is 10.6 Å². The smallest absolute Gasteiger partial charge is 0.261 e. The van der Waals surface area contributed by atoms with Crippen LogP contribution in [-0.4, -0.2) is 24.9 Å². The third kappa shape index (κ3) is 6.96. The van der Waals surface area contributed by atoms with Crippen LogP contribution in [-0.2, 0) is 4.79 Å². The molecular formula is C14H22N2O2S. The average molecular weight is 282 g/mol. The molecule has 4 nitrogen and oxygen atoms in total. The number of unbranched alkanes of at least 4 members (excludes halogenated alkanes) is 2. The average Bonchev–Trinajstić information content (AvgIpc) is 2.93. The standard InChI is InChI=1S/C14H22N2O2S/c1-2-3-4-9-15-13(17)8-5-10-16-14(18)12-7-6-11-19-12/h6-7,11H,2-5,8-10H2,1H3,(H,15,17)(H,16,18). The van der Waals surface area contributed by atoms with Crippen LogP contribution in [0.15, 0.2) is 17.5 Å². The summed E-state index contributed by atoms with van der Waals surface area (Å²) < 4.78 is 0. The highest BCUT2D eigenvalue weighted by Crippen LogP contribution is 2.07. The lowest BCUT2D eigenvalue weighted by atomic mass is 10.2. The van der Waals surface area contributed by atoms with E-state index in [-0.39, 0.29) is 11.8 Å². The van der Waals surface area contributed by atoms with E-state index in [9.17, 15) is 9.59 Å². The SMILES string of the molecule is CCCCCNC(=O)CCCNC(=O)c1cccs1. The molecule has 1 rings (SSSR count). The minimum Gasteiger partial charge on any atom is -0.356 e. The van der Waals surface area contributed by atoms with Gasteiger partial charge in [0.15, 0.2) is 0 Å². The number of carbonyl (C=O) groups excluding carboxylic acids is 2. The molecule has 106 valence electrons. The Morgan fingerprint density at radius 1 is 1.16 bits per heavy atom. The highest BCUT2D eigenvalue weighted by molar-refractivity contribution is 7.12. The van der Waals surface area contributed by atoms with Gasteiger partial charge in [-0.1, -0.05) is 25.8 Å². The summed E-state index contributed by atoms with van der Waals surface area (Å²) in [5.74, 6) is 0.0137. The Morgan fingerprint density at radius 3 is 2.63 bits per heavy atom. The Morgan fingerprint density at radius 2 is 1.95 bits per heavy atom. The maximum absolute atomic E-state index is 11.6. The lowest BCUT2D eigenvalue weighted by molar-refractivity contribution is -0.121. The van der Waals surface area contributed by atoms with Gasteiger partial charge in [0, 0.05) is 19.5 Å². The minimum atomic E-state index is -0.0571. The summed E-state index contributed by atoms with van der Waals surface area (Å²) >= 11 is 1.42. The summed E-state index contributed by atoms with van der Waals surface area (Å²) in [6, 6.07) is 3.64. The summed E-state index contributed by atoms with van der Waals surface area (Å²) in [6.07, 6.45) is 4.49. The molecule has 0 bridgehead atoms. The molecule has 1 aromatic heterocycles. The molecule has 0 spiro atoms. The number of thiophene rings is 1. The second-order valence-corrected chi connectivity index (χ2v) is 5.34. The molecule has 0 atom stereocenters. The monoisotopic (exact) mass is 282 g/mol. The van der Waals surface area contributed by atoms with E-state index in [1.54, 1.807) is 6.07 Å². The van der Waals surface area contributed by atoms with E-state index >= 15 is 0 Å². The van der Waals surface area contributed by atoms with Gasteiger partial charge in [-0.2, -0.15) is 0 Å². The molecule has 0 saturated carbocycles. The molecule has 19 heavy (non-hydrogen) atoms. The molecule has 1 aromatic rings. The molecule has 0 fully saturated rings. The first-order valence-corrected chi connectivity index (χ1v) is 7.70. The van der Waals surface area contributed by atoms with Crippen LogP contribution in [0.25, 0.3) is 0 Å². The van der Waals surface area contributed by atoms with Crippen molar-refractivity contribution in [2.45, 2.75) is 39.0 Å². The lowest BCUT2D eigenvalue weighted by Crippen LogP contribution is -2.27. The van der Waals surface area contributed by atoms with Crippen molar-refractivity contribution in [3.05, 3.63) is 22.4 Å². The van der Waals surface area contributed by atoms with Crippen molar-refractivity contribution in [1.29, 1.82) is 0 Å². The largest absolute Gasteiger partial charge is 0.356 e. The second-order valence-electron chi connectivity index (χ2n) is 4.39. The molecule has 2 amide bonds. The van der Waals surface area contributed by atoms with E-state index < -0.39 is 0 Å². The van der Waals surface area contributed by atoms with Crippen molar-refractivity contribution in [3.8, 4) is 0 Å². The second kappa shape index (κ2) is 9.55. The highest BCUT2D eigenvalue weighted by Gasteiger charge is 2.05. The van der Waals surface area contributed by atoms with Crippen LogP contribution < -0.4 is 10.6 Å². The summed E-state index contributed by atoms with van der Waals surface area (Å²) in [7, 11) is 0. The number of hydrogen-bond donors (Lipinski definition) is 2. The third-order valence-corrected chi connectivity index (χ3v) is 3.58. The lowest BCUT2D eigenvalue weighted by Gasteiger charge is -2.05. The molecule has 0 unspecified atom stereocenters. The van der Waals surface area contributed by atoms with Crippen molar-refractivity contribution >= 4 is 23.2 Å². The first-order chi connectivity index (χ1) is 9.24. The van der Waals surface area contributed by atoms with Gasteiger partial charge in [0.25, 0.3) is 5.91 Å². The van der Waals surface area contributed by atoms with Gasteiger partial charge in [-0.15, -0.1) is 11.3 Å². The number of nitrogens with one attached hydrogen (secondary N) is 2. The van der Waals surface area contributed by atoms with Crippen LogP contribution in [0.4, 0.5) is 0 Å². The Hall–Kier alpha value is -1.36. The van der Waals surface area contributed by atoms with Gasteiger partial charge in [-0.05, 0) is 24.3 Å². The predicted octanol–water partition coefficient (Wildman–Crippen LogP) is 2.56. The number of rotatable bonds is 9. The van der Waals surface area contributed by atoms with Crippen molar-refractivity contribution in [2.75, 3.05) is 13.1 Å². The molecule has 0 aromatic carbocycles. The van der Waals surface area contributed by atoms with Crippen LogP contribution in [0.1, 0.15) is 48.7 Å². The van der Waals surface area contributed by atoms with Gasteiger partial charge in [0.2, 0.25) is 5.91 Å². The number of amides is 2. The normalized spacial score (nSPS) is 10.2. The number of hydrogen-bond acceptors (Lipinski definition) is 3. The van der Waals surface area contributed by atoms with Gasteiger partial charge >= 0.3 is 0 Å². The zero-order chi connectivity index (χ0) is 13.9. The zero-order valence-electron chi connectivity index (χ0n) is 11.4. The molecule has 1 heterocycles. The zero-order valence-corrected chi connectivity index (χ0v) is 12.2. The van der Waals surface area contributed by atoms with Crippen molar-refractivity contribution < 1.29 is 9.59 Å². The van der Waals surface area contributed by atoms with Crippen LogP contribution in [0.2, 0.25) is 0 Å². The Bertz CT molecular complexity index is 377. The minimum absolute atomic E-state index is 0.0571. The summed E-state index contributed by atoms with van der Waals surface area (Å²) in [6.45, 7) is 3.44. The van der Waals surface area contributed by atoms with Crippen LogP contribution in [0.5, 0.6) is 0 Å². The van der Waals surface area contributed by atoms with Crippen molar-refractivity contribution in [1.82, 2.24) is 10.6 Å². The quantitative estimate of drug-likeness (QED) is 0.684. The summed E-state index contributed by atoms with van der Waals surface area (Å²) in [5.41, 5.74) is 0. The fourth-order valence-corrected chi connectivity index (χ4v) is 2.28. The van der Waals surface area contributed by atoms with E-state index in [0.717, 1.165) is 25.8 Å². The molecule has 2 N–H and O–H groups in total. The predicted molar refractivity (Wildman–Crippen MR) is 78.4 cm³/mol. The van der Waals surface area contributed by atoms with Crippen molar-refractivity contribution in [2.24, 2.45) is 0 Å².